The molecule has 3 aromatic carbocycles. The van der Waals surface area contributed by atoms with E-state index in [0.717, 1.165) is 32.5 Å². The van der Waals surface area contributed by atoms with Crippen LogP contribution in [0.4, 0.5) is 4.79 Å². The largest absolute Gasteiger partial charge is 0.508 e. The van der Waals surface area contributed by atoms with Crippen LogP contribution in [0.15, 0.2) is 90.1 Å². The molecule has 0 spiro atoms. The number of hydrogen-bond donors (Lipinski definition) is 9. The molecule has 0 fully saturated rings. The van der Waals surface area contributed by atoms with Gasteiger partial charge >= 0.3 is 6.09 Å². The van der Waals surface area contributed by atoms with Crippen molar-refractivity contribution in [3.63, 3.8) is 0 Å². The molecule has 12 N–H and O–H groups in total. The summed E-state index contributed by atoms with van der Waals surface area (Å²) in [6, 6.07) is 19.2. The first kappa shape index (κ1) is 48.6. The number of amides is 6. The predicted octanol–water partition coefficient (Wildman–Crippen LogP) is 1.88. The third kappa shape index (κ3) is 16.4. The van der Waals surface area contributed by atoms with Gasteiger partial charge in [-0.3, -0.25) is 29.0 Å². The van der Waals surface area contributed by atoms with Crippen molar-refractivity contribution in [2.45, 2.75) is 83.0 Å². The van der Waals surface area contributed by atoms with E-state index >= 15 is 0 Å². The minimum Gasteiger partial charge on any atom is -0.508 e. The van der Waals surface area contributed by atoms with E-state index in [1.807, 2.05) is 30.3 Å². The second-order valence-electron chi connectivity index (χ2n) is 16.3. The molecule has 63 heavy (non-hydrogen) atoms. The fourth-order valence-electron chi connectivity index (χ4n) is 6.87. The molecule has 0 unspecified atom stereocenters. The highest BCUT2D eigenvalue weighted by Crippen LogP contribution is 2.21. The first-order chi connectivity index (χ1) is 29.9. The summed E-state index contributed by atoms with van der Waals surface area (Å²) < 4.78 is 5.36. The number of benzene rings is 3. The van der Waals surface area contributed by atoms with Crippen LogP contribution in [0.5, 0.6) is 5.75 Å². The molecule has 0 saturated carbocycles. The highest BCUT2D eigenvalue weighted by atomic mass is 16.6. The van der Waals surface area contributed by atoms with Gasteiger partial charge < -0.3 is 58.2 Å². The van der Waals surface area contributed by atoms with Gasteiger partial charge in [0.2, 0.25) is 29.5 Å². The minimum atomic E-state index is -1.24. The Labute approximate surface area is 366 Å². The molecule has 4 rings (SSSR count). The number of aromatic amines is 1. The highest BCUT2D eigenvalue weighted by molar-refractivity contribution is 5.96. The van der Waals surface area contributed by atoms with Crippen LogP contribution in [0.2, 0.25) is 0 Å². The van der Waals surface area contributed by atoms with Crippen LogP contribution < -0.4 is 38.5 Å². The Morgan fingerprint density at radius 2 is 1.38 bits per heavy atom. The van der Waals surface area contributed by atoms with Crippen LogP contribution in [-0.4, -0.2) is 107 Å². The zero-order valence-corrected chi connectivity index (χ0v) is 36.2. The molecular formula is C45H60N10O8. The number of phenols is 1. The van der Waals surface area contributed by atoms with Crippen molar-refractivity contribution in [1.82, 2.24) is 31.2 Å². The fraction of sp³-hybridized carbons (Fsp3) is 0.400. The smallest absolute Gasteiger partial charge is 0.407 e. The van der Waals surface area contributed by atoms with Crippen LogP contribution in [0.3, 0.4) is 0 Å². The summed E-state index contributed by atoms with van der Waals surface area (Å²) in [5.41, 5.74) is 18.7. The number of nitrogens with two attached hydrogens (primary N) is 3. The lowest BCUT2D eigenvalue weighted by atomic mass is 9.94. The zero-order valence-electron chi connectivity index (χ0n) is 36.2. The number of phenolic OH excluding ortho intramolecular Hbond substituents is 1. The summed E-state index contributed by atoms with van der Waals surface area (Å²) in [5, 5.41) is 21.9. The van der Waals surface area contributed by atoms with Gasteiger partial charge in [0.25, 0.3) is 0 Å². The SMILES string of the molecule is CN(CC(N)=O)C(=O)[C@H](Cc1c[nH]c2ccccc12)NC(=O)[C@H](CCCN=C(N)N)NC(=O)[C@@H](Cc1ccccc1)NC(=O)[C@@H](CCNC(=O)OC(C)(C)C)Cc1ccc(O)cc1. The lowest BCUT2D eigenvalue weighted by Crippen LogP contribution is -2.58. The quantitative estimate of drug-likeness (QED) is 0.0314. The first-order valence-electron chi connectivity index (χ1n) is 20.7. The van der Waals surface area contributed by atoms with Gasteiger partial charge in [-0.25, -0.2) is 4.79 Å². The van der Waals surface area contributed by atoms with Gasteiger partial charge in [-0.1, -0.05) is 60.7 Å². The number of rotatable bonds is 22. The molecule has 18 heteroatoms. The van der Waals surface area contributed by atoms with Gasteiger partial charge in [0.1, 0.15) is 29.5 Å². The molecule has 0 aliphatic carbocycles. The second-order valence-corrected chi connectivity index (χ2v) is 16.3. The normalized spacial score (nSPS) is 13.1. The molecule has 6 amide bonds. The van der Waals surface area contributed by atoms with Crippen LogP contribution in [0.25, 0.3) is 10.9 Å². The molecule has 0 aliphatic rings. The lowest BCUT2D eigenvalue weighted by Gasteiger charge is -2.28. The van der Waals surface area contributed by atoms with Crippen LogP contribution >= 0.6 is 0 Å². The Morgan fingerprint density at radius 1 is 0.762 bits per heavy atom. The Bertz CT molecular complexity index is 2200. The van der Waals surface area contributed by atoms with Gasteiger partial charge in [-0.05, 0) is 81.3 Å². The number of nitrogens with one attached hydrogen (secondary N) is 5. The average Bonchev–Trinajstić information content (AvgIpc) is 3.63. The maximum absolute atomic E-state index is 14.4. The second kappa shape index (κ2) is 23.2. The van der Waals surface area contributed by atoms with Crippen molar-refractivity contribution in [2.75, 3.05) is 26.7 Å². The van der Waals surface area contributed by atoms with Gasteiger partial charge in [0.15, 0.2) is 5.96 Å². The summed E-state index contributed by atoms with van der Waals surface area (Å²) >= 11 is 0. The number of primary amides is 1. The van der Waals surface area contributed by atoms with E-state index in [1.165, 1.54) is 19.2 Å². The van der Waals surface area contributed by atoms with Crippen LogP contribution in [0, 0.1) is 5.92 Å². The number of aromatic nitrogens is 1. The van der Waals surface area contributed by atoms with E-state index in [4.69, 9.17) is 21.9 Å². The zero-order chi connectivity index (χ0) is 46.1. The number of hydrogen-bond acceptors (Lipinski definition) is 9. The number of para-hydroxylation sites is 1. The standard InChI is InChI=1S/C45H60N10O8/c1-45(2,3)63-44(62)50-22-20-30(23-29-16-18-32(56)19-17-29)39(58)53-36(24-28-11-6-5-7-12-28)41(60)52-35(15-10-21-49-43(47)48)40(59)54-37(42(61)55(4)27-38(46)57)25-31-26-51-34-14-9-8-13-33(31)34/h5-9,11-14,16-19,26,30,35-37,51,56H,10,15,20-25,27H2,1-4H3,(H2,46,57)(H,50,62)(H,52,60)(H,53,58)(H,54,59)(H4,47,48,49)/t30-,35-,36+,37-/m0/s1. The van der Waals surface area contributed by atoms with Crippen molar-refractivity contribution in [2.24, 2.45) is 28.1 Å². The average molecular weight is 869 g/mol. The van der Waals surface area contributed by atoms with Gasteiger partial charge in [0, 0.05) is 56.0 Å². The van der Waals surface area contributed by atoms with Crippen molar-refractivity contribution >= 4 is 52.5 Å². The summed E-state index contributed by atoms with van der Waals surface area (Å²) in [6.45, 7) is 5.00. The molecule has 0 saturated heterocycles. The minimum absolute atomic E-state index is 0.0320. The van der Waals surface area contributed by atoms with E-state index < -0.39 is 71.8 Å². The number of aliphatic imine (C=N–C) groups is 1. The Kier molecular flexibility index (Phi) is 17.9. The maximum Gasteiger partial charge on any atom is 0.407 e. The van der Waals surface area contributed by atoms with Gasteiger partial charge in [-0.15, -0.1) is 0 Å². The van der Waals surface area contributed by atoms with Crippen molar-refractivity contribution in [3.8, 4) is 5.75 Å². The van der Waals surface area contributed by atoms with E-state index in [9.17, 15) is 33.9 Å². The molecule has 4 aromatic rings. The Hall–Kier alpha value is -7.11. The molecule has 0 bridgehead atoms. The molecule has 4 atom stereocenters. The third-order valence-electron chi connectivity index (χ3n) is 9.93. The number of ether oxygens (including phenoxy) is 1. The van der Waals surface area contributed by atoms with Crippen LogP contribution in [0.1, 0.15) is 56.7 Å². The topological polar surface area (TPSA) is 289 Å². The number of nitrogens with zero attached hydrogens (tertiary/aromatic N) is 2. The number of carbonyl (C=O) groups is 6. The highest BCUT2D eigenvalue weighted by Gasteiger charge is 2.33. The van der Waals surface area contributed by atoms with Gasteiger partial charge in [0.05, 0.1) is 6.54 Å². The number of fused-ring (bicyclic) bond motifs is 1. The van der Waals surface area contributed by atoms with E-state index in [0.29, 0.717) is 0 Å². The van der Waals surface area contributed by atoms with E-state index in [2.05, 4.69) is 31.2 Å². The third-order valence-corrected chi connectivity index (χ3v) is 9.93. The lowest BCUT2D eigenvalue weighted by molar-refractivity contribution is -0.138. The van der Waals surface area contributed by atoms with Crippen molar-refractivity contribution < 1.29 is 38.6 Å². The number of guanidine groups is 1. The Morgan fingerprint density at radius 3 is 2.05 bits per heavy atom. The molecular weight excluding hydrogens is 809 g/mol. The molecule has 1 aromatic heterocycles. The van der Waals surface area contributed by atoms with Crippen molar-refractivity contribution in [1.29, 1.82) is 0 Å². The molecule has 0 radical (unpaired) electrons. The van der Waals surface area contributed by atoms with E-state index in [1.54, 1.807) is 63.4 Å². The molecule has 1 heterocycles. The van der Waals surface area contributed by atoms with Crippen molar-refractivity contribution in [3.05, 3.63) is 102 Å². The summed E-state index contributed by atoms with van der Waals surface area (Å²) in [6.07, 6.45) is 1.80. The number of aromatic hydroxyl groups is 1. The first-order valence-corrected chi connectivity index (χ1v) is 20.7. The summed E-state index contributed by atoms with van der Waals surface area (Å²) in [5.74, 6) is -4.10. The number of likely N-dealkylation sites (N-methyl/N-ethyl adjacent to an activating group) is 1. The molecule has 18 nitrogen and oxygen atoms in total. The predicted molar refractivity (Wildman–Crippen MR) is 239 cm³/mol. The van der Waals surface area contributed by atoms with E-state index in [-0.39, 0.29) is 63.3 Å². The monoisotopic (exact) mass is 868 g/mol. The Balaban J connectivity index is 1.62. The number of carbonyl (C=O) groups excluding carboxylic acids is 6. The number of H-pyrrole nitrogens is 1. The number of alkyl carbamates (subject to hydrolysis) is 1. The summed E-state index contributed by atoms with van der Waals surface area (Å²) in [7, 11) is 1.40. The maximum atomic E-state index is 14.4. The fourth-order valence-corrected chi connectivity index (χ4v) is 6.87. The molecule has 338 valence electrons. The van der Waals surface area contributed by atoms with Crippen LogP contribution in [-0.2, 0) is 48.0 Å². The summed E-state index contributed by atoms with van der Waals surface area (Å²) in [4.78, 5) is 89.4. The van der Waals surface area contributed by atoms with Gasteiger partial charge in [-0.2, -0.15) is 0 Å². The molecule has 0 aliphatic heterocycles.